The monoisotopic (exact) mass is 330 g/mol. The molecule has 2 fully saturated rings. The van der Waals surface area contributed by atoms with Crippen molar-refractivity contribution in [1.82, 2.24) is 0 Å². The van der Waals surface area contributed by atoms with Gasteiger partial charge in [-0.1, -0.05) is 27.2 Å². The summed E-state index contributed by atoms with van der Waals surface area (Å²) in [6.07, 6.45) is 2.53. The number of hydrogen-bond donors (Lipinski definition) is 0. The molecule has 6 heteroatoms. The first-order valence-corrected chi connectivity index (χ1v) is 9.06. The third-order valence-electron chi connectivity index (χ3n) is 4.38. The van der Waals surface area contributed by atoms with E-state index in [4.69, 9.17) is 14.2 Å². The van der Waals surface area contributed by atoms with E-state index in [9.17, 15) is 9.59 Å². The zero-order valence-electron chi connectivity index (χ0n) is 13.7. The molecule has 0 spiro atoms. The van der Waals surface area contributed by atoms with Crippen molar-refractivity contribution in [2.45, 2.75) is 64.8 Å². The number of rotatable bonds is 4. The minimum absolute atomic E-state index is 0.0341. The zero-order valence-corrected chi connectivity index (χ0v) is 14.6. The minimum Gasteiger partial charge on any atom is -0.459 e. The highest BCUT2D eigenvalue weighted by Gasteiger charge is 2.39. The molecule has 0 amide bonds. The SMILES string of the molecule is CC(=O)O[C@@H]1CS[C@H](C(=O)O[C@@H]2C[C@@H](C)CC[C@@H]2C(C)C)O1. The summed E-state index contributed by atoms with van der Waals surface area (Å²) in [5.41, 5.74) is -0.686. The van der Waals surface area contributed by atoms with Crippen molar-refractivity contribution in [3.8, 4) is 0 Å². The molecule has 1 heterocycles. The predicted molar refractivity (Wildman–Crippen MR) is 84.1 cm³/mol. The molecule has 0 aromatic rings. The van der Waals surface area contributed by atoms with Crippen LogP contribution >= 0.6 is 11.8 Å². The first kappa shape index (κ1) is 17.6. The van der Waals surface area contributed by atoms with Gasteiger partial charge in [-0.15, -0.1) is 11.8 Å². The van der Waals surface area contributed by atoms with Crippen LogP contribution in [0.15, 0.2) is 0 Å². The van der Waals surface area contributed by atoms with Crippen molar-refractivity contribution in [2.24, 2.45) is 17.8 Å². The Labute approximate surface area is 136 Å². The van der Waals surface area contributed by atoms with Gasteiger partial charge in [-0.3, -0.25) is 4.79 Å². The Kier molecular flexibility index (Phi) is 6.15. The van der Waals surface area contributed by atoms with Crippen molar-refractivity contribution >= 4 is 23.7 Å². The van der Waals surface area contributed by atoms with Crippen LogP contribution in [0.3, 0.4) is 0 Å². The van der Waals surface area contributed by atoms with E-state index in [0.717, 1.165) is 12.8 Å². The van der Waals surface area contributed by atoms with Gasteiger partial charge in [0.05, 0.1) is 5.75 Å². The van der Waals surface area contributed by atoms with E-state index in [1.165, 1.54) is 25.1 Å². The molecular weight excluding hydrogens is 304 g/mol. The van der Waals surface area contributed by atoms with Gasteiger partial charge in [0.2, 0.25) is 11.7 Å². The minimum atomic E-state index is -0.686. The number of thioether (sulfide) groups is 1. The Balaban J connectivity index is 1.88. The first-order chi connectivity index (χ1) is 10.4. The Morgan fingerprint density at radius 3 is 2.59 bits per heavy atom. The van der Waals surface area contributed by atoms with Gasteiger partial charge in [0.15, 0.2) is 0 Å². The van der Waals surface area contributed by atoms with Crippen molar-refractivity contribution in [2.75, 3.05) is 5.75 Å². The van der Waals surface area contributed by atoms with Crippen LogP contribution in [0, 0.1) is 17.8 Å². The number of ether oxygens (including phenoxy) is 3. The molecule has 22 heavy (non-hydrogen) atoms. The highest BCUT2D eigenvalue weighted by atomic mass is 32.2. The maximum atomic E-state index is 12.3. The number of carbonyl (C=O) groups is 2. The quantitative estimate of drug-likeness (QED) is 0.739. The van der Waals surface area contributed by atoms with E-state index < -0.39 is 17.7 Å². The smallest absolute Gasteiger partial charge is 0.346 e. The van der Waals surface area contributed by atoms with E-state index in [0.29, 0.717) is 23.5 Å². The third-order valence-corrected chi connectivity index (χ3v) is 5.45. The van der Waals surface area contributed by atoms with E-state index >= 15 is 0 Å². The summed E-state index contributed by atoms with van der Waals surface area (Å²) in [6, 6.07) is 0. The Hall–Kier alpha value is -0.750. The van der Waals surface area contributed by atoms with E-state index in [-0.39, 0.29) is 12.1 Å². The average molecular weight is 330 g/mol. The van der Waals surface area contributed by atoms with Crippen molar-refractivity contribution in [1.29, 1.82) is 0 Å². The lowest BCUT2D eigenvalue weighted by atomic mass is 9.75. The van der Waals surface area contributed by atoms with E-state index in [1.54, 1.807) is 0 Å². The molecule has 1 aliphatic carbocycles. The van der Waals surface area contributed by atoms with Crippen LogP contribution in [-0.4, -0.2) is 35.5 Å². The fraction of sp³-hybridized carbons (Fsp3) is 0.875. The summed E-state index contributed by atoms with van der Waals surface area (Å²) >= 11 is 1.33. The molecule has 0 N–H and O–H groups in total. The molecule has 0 aromatic heterocycles. The van der Waals surface area contributed by atoms with Crippen molar-refractivity contribution < 1.29 is 23.8 Å². The van der Waals surface area contributed by atoms with Gasteiger partial charge in [-0.05, 0) is 30.6 Å². The number of hydrogen-bond acceptors (Lipinski definition) is 6. The second-order valence-electron chi connectivity index (χ2n) is 6.64. The van der Waals surface area contributed by atoms with Gasteiger partial charge in [-0.2, -0.15) is 0 Å². The van der Waals surface area contributed by atoms with Gasteiger partial charge in [-0.25, -0.2) is 4.79 Å². The Morgan fingerprint density at radius 1 is 1.23 bits per heavy atom. The van der Waals surface area contributed by atoms with Crippen LogP contribution in [-0.2, 0) is 23.8 Å². The maximum Gasteiger partial charge on any atom is 0.346 e. The number of carbonyl (C=O) groups excluding carboxylic acids is 2. The molecule has 1 saturated carbocycles. The molecule has 1 aliphatic heterocycles. The third kappa shape index (κ3) is 4.62. The highest BCUT2D eigenvalue weighted by Crippen LogP contribution is 2.36. The molecule has 5 atom stereocenters. The predicted octanol–water partition coefficient (Wildman–Crippen LogP) is 2.97. The molecule has 2 aliphatic rings. The number of esters is 2. The molecule has 2 rings (SSSR count). The molecule has 5 nitrogen and oxygen atoms in total. The second kappa shape index (κ2) is 7.68. The van der Waals surface area contributed by atoms with Gasteiger partial charge in [0.25, 0.3) is 0 Å². The standard InChI is InChI=1S/C16H26O5S/c1-9(2)12-6-5-10(3)7-13(12)20-15(18)16-21-14(8-22-16)19-11(4)17/h9-10,12-14,16H,5-8H2,1-4H3/t10-,12+,13+,14-,16+/m0/s1. The van der Waals surface area contributed by atoms with Crippen LogP contribution in [0.4, 0.5) is 0 Å². The summed E-state index contributed by atoms with van der Waals surface area (Å²) < 4.78 is 16.2. The fourth-order valence-corrected chi connectivity index (χ4v) is 4.08. The lowest BCUT2D eigenvalue weighted by Crippen LogP contribution is -2.38. The molecule has 126 valence electrons. The van der Waals surface area contributed by atoms with E-state index in [1.807, 2.05) is 0 Å². The topological polar surface area (TPSA) is 61.8 Å². The Bertz CT molecular complexity index is 411. The molecule has 0 radical (unpaired) electrons. The van der Waals surface area contributed by atoms with Crippen LogP contribution in [0.25, 0.3) is 0 Å². The molecule has 0 unspecified atom stereocenters. The molecule has 0 bridgehead atoms. The van der Waals surface area contributed by atoms with Gasteiger partial charge in [0.1, 0.15) is 6.10 Å². The van der Waals surface area contributed by atoms with Crippen LogP contribution < -0.4 is 0 Å². The van der Waals surface area contributed by atoms with Gasteiger partial charge >= 0.3 is 11.9 Å². The zero-order chi connectivity index (χ0) is 16.3. The van der Waals surface area contributed by atoms with Gasteiger partial charge in [0, 0.05) is 6.92 Å². The summed E-state index contributed by atoms with van der Waals surface area (Å²) in [5.74, 6) is 1.21. The normalized spacial score (nSPS) is 35.4. The average Bonchev–Trinajstić information content (AvgIpc) is 2.86. The largest absolute Gasteiger partial charge is 0.459 e. The lowest BCUT2D eigenvalue weighted by Gasteiger charge is -2.37. The van der Waals surface area contributed by atoms with Crippen LogP contribution in [0.1, 0.15) is 47.0 Å². The van der Waals surface area contributed by atoms with Gasteiger partial charge < -0.3 is 14.2 Å². The summed E-state index contributed by atoms with van der Waals surface area (Å²) in [4.78, 5) is 23.2. The van der Waals surface area contributed by atoms with E-state index in [2.05, 4.69) is 20.8 Å². The summed E-state index contributed by atoms with van der Waals surface area (Å²) in [6.45, 7) is 7.89. The molecule has 1 saturated heterocycles. The highest BCUT2D eigenvalue weighted by molar-refractivity contribution is 8.00. The van der Waals surface area contributed by atoms with Crippen LogP contribution in [0.5, 0.6) is 0 Å². The first-order valence-electron chi connectivity index (χ1n) is 8.01. The Morgan fingerprint density at radius 2 is 1.95 bits per heavy atom. The molecule has 0 aromatic carbocycles. The second-order valence-corrected chi connectivity index (χ2v) is 7.74. The maximum absolute atomic E-state index is 12.3. The summed E-state index contributed by atoms with van der Waals surface area (Å²) in [7, 11) is 0. The van der Waals surface area contributed by atoms with Crippen LogP contribution in [0.2, 0.25) is 0 Å². The van der Waals surface area contributed by atoms with Crippen molar-refractivity contribution in [3.05, 3.63) is 0 Å². The fourth-order valence-electron chi connectivity index (χ4n) is 3.21. The summed E-state index contributed by atoms with van der Waals surface area (Å²) in [5, 5.41) is 0. The lowest BCUT2D eigenvalue weighted by molar-refractivity contribution is -0.185. The van der Waals surface area contributed by atoms with Crippen molar-refractivity contribution in [3.63, 3.8) is 0 Å². The molecular formula is C16H26O5S.